The molecule has 26 heavy (non-hydrogen) atoms. The molecule has 1 spiro atoms. The van der Waals surface area contributed by atoms with E-state index in [4.69, 9.17) is 0 Å². The molecule has 2 aromatic heterocycles. The van der Waals surface area contributed by atoms with Crippen LogP contribution in [0.3, 0.4) is 0 Å². The highest BCUT2D eigenvalue weighted by atomic mass is 16.2. The lowest BCUT2D eigenvalue weighted by atomic mass is 9.72. The summed E-state index contributed by atoms with van der Waals surface area (Å²) >= 11 is 0. The second-order valence-corrected chi connectivity index (χ2v) is 7.71. The Bertz CT molecular complexity index is 762. The van der Waals surface area contributed by atoms with Crippen LogP contribution in [0.1, 0.15) is 49.8 Å². The zero-order valence-electron chi connectivity index (χ0n) is 15.5. The number of aryl methyl sites for hydroxylation is 2. The lowest BCUT2D eigenvalue weighted by molar-refractivity contribution is -0.133. The smallest absolute Gasteiger partial charge is 0.227 e. The first-order chi connectivity index (χ1) is 12.7. The van der Waals surface area contributed by atoms with Gasteiger partial charge < -0.3 is 9.47 Å². The molecule has 0 saturated carbocycles. The van der Waals surface area contributed by atoms with Gasteiger partial charge in [-0.15, -0.1) is 10.2 Å². The average Bonchev–Trinajstić information content (AvgIpc) is 3.00. The van der Waals surface area contributed by atoms with Crippen molar-refractivity contribution in [3.8, 4) is 0 Å². The minimum atomic E-state index is 0.229. The molecule has 0 unspecified atom stereocenters. The lowest BCUT2D eigenvalue weighted by Gasteiger charge is -2.41. The SMILES string of the molecule is CCc1nnc2n1CCC1(CC2)CCN(C(=O)Cc2cccnc2)CC1. The summed E-state index contributed by atoms with van der Waals surface area (Å²) in [7, 11) is 0. The van der Waals surface area contributed by atoms with Gasteiger partial charge in [-0.2, -0.15) is 0 Å². The second-order valence-electron chi connectivity index (χ2n) is 7.71. The Labute approximate surface area is 154 Å². The van der Waals surface area contributed by atoms with Gasteiger partial charge >= 0.3 is 0 Å². The van der Waals surface area contributed by atoms with E-state index in [1.807, 2.05) is 17.0 Å². The minimum Gasteiger partial charge on any atom is -0.342 e. The molecule has 4 heterocycles. The average molecular weight is 353 g/mol. The quantitative estimate of drug-likeness (QED) is 0.850. The van der Waals surface area contributed by atoms with Crippen molar-refractivity contribution in [3.63, 3.8) is 0 Å². The summed E-state index contributed by atoms with van der Waals surface area (Å²) in [6.45, 7) is 4.92. The van der Waals surface area contributed by atoms with Crippen LogP contribution in [0.25, 0.3) is 0 Å². The molecule has 1 amide bonds. The van der Waals surface area contributed by atoms with Crippen molar-refractivity contribution in [2.24, 2.45) is 5.41 Å². The standard InChI is InChI=1S/C20H27N5O/c1-2-17-22-23-18-5-6-20(9-13-25(17)18)7-11-24(12-8-20)19(26)14-16-4-3-10-21-15-16/h3-4,10,15H,2,5-9,11-14H2,1H3. The summed E-state index contributed by atoms with van der Waals surface area (Å²) < 4.78 is 2.33. The number of piperidine rings is 1. The Kier molecular flexibility index (Phi) is 4.74. The van der Waals surface area contributed by atoms with E-state index < -0.39 is 0 Å². The fraction of sp³-hybridized carbons (Fsp3) is 0.600. The maximum absolute atomic E-state index is 12.6. The first-order valence-corrected chi connectivity index (χ1v) is 9.77. The van der Waals surface area contributed by atoms with Gasteiger partial charge in [0.2, 0.25) is 5.91 Å². The number of amides is 1. The van der Waals surface area contributed by atoms with Gasteiger partial charge in [0.05, 0.1) is 6.42 Å². The fourth-order valence-corrected chi connectivity index (χ4v) is 4.45. The molecule has 138 valence electrons. The molecule has 0 N–H and O–H groups in total. The Morgan fingerprint density at radius 2 is 1.96 bits per heavy atom. The van der Waals surface area contributed by atoms with Crippen LogP contribution in [-0.4, -0.2) is 43.6 Å². The third-order valence-corrected chi connectivity index (χ3v) is 6.22. The summed E-state index contributed by atoms with van der Waals surface area (Å²) in [6.07, 6.45) is 10.5. The van der Waals surface area contributed by atoms with E-state index in [2.05, 4.69) is 26.7 Å². The number of aromatic nitrogens is 4. The first-order valence-electron chi connectivity index (χ1n) is 9.77. The molecule has 2 aliphatic rings. The van der Waals surface area contributed by atoms with Gasteiger partial charge in [-0.3, -0.25) is 9.78 Å². The van der Waals surface area contributed by atoms with E-state index >= 15 is 0 Å². The number of likely N-dealkylation sites (tertiary alicyclic amines) is 1. The maximum atomic E-state index is 12.6. The van der Waals surface area contributed by atoms with Crippen molar-refractivity contribution < 1.29 is 4.79 Å². The molecular weight excluding hydrogens is 326 g/mol. The van der Waals surface area contributed by atoms with Gasteiger partial charge in [-0.05, 0) is 42.7 Å². The van der Waals surface area contributed by atoms with Crippen LogP contribution in [0.2, 0.25) is 0 Å². The van der Waals surface area contributed by atoms with Crippen LogP contribution in [-0.2, 0) is 30.6 Å². The predicted molar refractivity (Wildman–Crippen MR) is 98.5 cm³/mol. The summed E-state index contributed by atoms with van der Waals surface area (Å²) in [5.41, 5.74) is 1.36. The van der Waals surface area contributed by atoms with Crippen molar-refractivity contribution >= 4 is 5.91 Å². The Morgan fingerprint density at radius 3 is 2.69 bits per heavy atom. The highest BCUT2D eigenvalue weighted by molar-refractivity contribution is 5.78. The van der Waals surface area contributed by atoms with Crippen molar-refractivity contribution in [2.45, 2.75) is 58.4 Å². The molecule has 0 bridgehead atoms. The van der Waals surface area contributed by atoms with Crippen LogP contribution in [0, 0.1) is 5.41 Å². The highest BCUT2D eigenvalue weighted by Gasteiger charge is 2.37. The Balaban J connectivity index is 1.36. The zero-order valence-corrected chi connectivity index (χ0v) is 15.5. The number of nitrogens with zero attached hydrogens (tertiary/aromatic N) is 5. The van der Waals surface area contributed by atoms with Gasteiger partial charge in [-0.25, -0.2) is 0 Å². The third-order valence-electron chi connectivity index (χ3n) is 6.22. The lowest BCUT2D eigenvalue weighted by Crippen LogP contribution is -2.44. The highest BCUT2D eigenvalue weighted by Crippen LogP contribution is 2.41. The number of carbonyl (C=O) groups is 1. The van der Waals surface area contributed by atoms with Crippen LogP contribution in [0.15, 0.2) is 24.5 Å². The summed E-state index contributed by atoms with van der Waals surface area (Å²) in [5, 5.41) is 8.72. The Hall–Kier alpha value is -2.24. The summed E-state index contributed by atoms with van der Waals surface area (Å²) in [4.78, 5) is 18.8. The molecule has 1 fully saturated rings. The van der Waals surface area contributed by atoms with Crippen molar-refractivity contribution in [1.29, 1.82) is 0 Å². The van der Waals surface area contributed by atoms with Crippen molar-refractivity contribution in [3.05, 3.63) is 41.7 Å². The van der Waals surface area contributed by atoms with Gasteiger partial charge in [0.1, 0.15) is 11.6 Å². The Morgan fingerprint density at radius 1 is 1.15 bits per heavy atom. The van der Waals surface area contributed by atoms with Crippen LogP contribution in [0.4, 0.5) is 0 Å². The summed E-state index contributed by atoms with van der Waals surface area (Å²) in [5.74, 6) is 2.49. The van der Waals surface area contributed by atoms with Crippen LogP contribution in [0.5, 0.6) is 0 Å². The summed E-state index contributed by atoms with van der Waals surface area (Å²) in [6, 6.07) is 3.87. The van der Waals surface area contributed by atoms with Crippen LogP contribution >= 0.6 is 0 Å². The number of hydrogen-bond acceptors (Lipinski definition) is 4. The molecule has 2 aliphatic heterocycles. The number of hydrogen-bond donors (Lipinski definition) is 0. The van der Waals surface area contributed by atoms with Gasteiger partial charge in [-0.1, -0.05) is 13.0 Å². The van der Waals surface area contributed by atoms with E-state index in [9.17, 15) is 4.79 Å². The first kappa shape index (κ1) is 17.2. The second kappa shape index (κ2) is 7.17. The topological polar surface area (TPSA) is 63.9 Å². The molecule has 0 aliphatic carbocycles. The van der Waals surface area contributed by atoms with E-state index in [1.54, 1.807) is 12.4 Å². The van der Waals surface area contributed by atoms with Gasteiger partial charge in [0.25, 0.3) is 0 Å². The minimum absolute atomic E-state index is 0.229. The van der Waals surface area contributed by atoms with E-state index in [-0.39, 0.29) is 5.91 Å². The van der Waals surface area contributed by atoms with Gasteiger partial charge in [0, 0.05) is 44.9 Å². The number of pyridine rings is 1. The molecule has 4 rings (SSSR count). The fourth-order valence-electron chi connectivity index (χ4n) is 4.45. The van der Waals surface area contributed by atoms with E-state index in [0.29, 0.717) is 11.8 Å². The molecule has 6 nitrogen and oxygen atoms in total. The monoisotopic (exact) mass is 353 g/mol. The number of rotatable bonds is 3. The normalized spacial score (nSPS) is 19.2. The van der Waals surface area contributed by atoms with E-state index in [1.165, 1.54) is 12.8 Å². The molecular formula is C20H27N5O. The molecule has 0 atom stereocenters. The van der Waals surface area contributed by atoms with Gasteiger partial charge in [0.15, 0.2) is 0 Å². The molecule has 6 heteroatoms. The molecule has 1 saturated heterocycles. The number of fused-ring (bicyclic) bond motifs is 1. The number of carbonyl (C=O) groups excluding carboxylic acids is 1. The van der Waals surface area contributed by atoms with Crippen molar-refractivity contribution in [1.82, 2.24) is 24.6 Å². The zero-order chi connectivity index (χ0) is 18.0. The van der Waals surface area contributed by atoms with Crippen molar-refractivity contribution in [2.75, 3.05) is 13.1 Å². The maximum Gasteiger partial charge on any atom is 0.227 e. The predicted octanol–water partition coefficient (Wildman–Crippen LogP) is 2.42. The third kappa shape index (κ3) is 3.37. The van der Waals surface area contributed by atoms with Crippen LogP contribution < -0.4 is 0 Å². The largest absolute Gasteiger partial charge is 0.342 e. The molecule has 0 aromatic carbocycles. The molecule has 2 aromatic rings. The van der Waals surface area contributed by atoms with E-state index in [0.717, 1.165) is 62.5 Å². The molecule has 0 radical (unpaired) electrons.